The van der Waals surface area contributed by atoms with E-state index in [4.69, 9.17) is 0 Å². The second-order valence-electron chi connectivity index (χ2n) is 8.46. The molecule has 0 aliphatic carbocycles. The molecule has 7 heteroatoms. The van der Waals surface area contributed by atoms with Crippen molar-refractivity contribution in [3.63, 3.8) is 0 Å². The third-order valence-corrected chi connectivity index (χ3v) is 6.58. The highest BCUT2D eigenvalue weighted by Crippen LogP contribution is 2.54. The number of carbonyl (C=O) groups excluding carboxylic acids is 2. The van der Waals surface area contributed by atoms with Crippen molar-refractivity contribution in [1.82, 2.24) is 14.5 Å². The Hall–Kier alpha value is -3.61. The van der Waals surface area contributed by atoms with Gasteiger partial charge in [-0.1, -0.05) is 18.2 Å². The van der Waals surface area contributed by atoms with Crippen LogP contribution in [0.1, 0.15) is 34.2 Å². The molecular weight excluding hydrogens is 390 g/mol. The molecule has 3 aromatic rings. The molecule has 1 saturated heterocycles. The van der Waals surface area contributed by atoms with Crippen molar-refractivity contribution in [1.29, 1.82) is 0 Å². The molecule has 2 atom stereocenters. The number of anilines is 2. The monoisotopic (exact) mass is 415 g/mol. The van der Waals surface area contributed by atoms with Crippen molar-refractivity contribution in [3.8, 4) is 0 Å². The minimum atomic E-state index is -0.852. The molecule has 1 N–H and O–H groups in total. The van der Waals surface area contributed by atoms with E-state index in [1.54, 1.807) is 6.20 Å². The van der Waals surface area contributed by atoms with Gasteiger partial charge in [0.1, 0.15) is 17.3 Å². The highest BCUT2D eigenvalue weighted by Gasteiger charge is 2.60. The molecule has 1 spiro atoms. The van der Waals surface area contributed by atoms with Gasteiger partial charge in [0, 0.05) is 57.0 Å². The SMILES string of the molecule is CN(C)c1ccc(C(=O)N2CC[C@]3(C(=O)Nc4ccccc43)[C@@H]2c2nccn2C)cc1. The number of likely N-dealkylation sites (tertiary alicyclic amines) is 1. The van der Waals surface area contributed by atoms with Crippen LogP contribution in [0.2, 0.25) is 0 Å². The number of nitrogens with one attached hydrogen (secondary N) is 1. The molecule has 158 valence electrons. The molecule has 7 nitrogen and oxygen atoms in total. The number of aromatic nitrogens is 2. The van der Waals surface area contributed by atoms with E-state index in [0.717, 1.165) is 16.9 Å². The van der Waals surface area contributed by atoms with Crippen LogP contribution in [0.15, 0.2) is 60.9 Å². The van der Waals surface area contributed by atoms with Crippen LogP contribution >= 0.6 is 0 Å². The quantitative estimate of drug-likeness (QED) is 0.714. The Labute approximate surface area is 181 Å². The summed E-state index contributed by atoms with van der Waals surface area (Å²) in [7, 11) is 5.84. The minimum Gasteiger partial charge on any atom is -0.378 e. The van der Waals surface area contributed by atoms with Crippen LogP contribution in [0, 0.1) is 0 Å². The van der Waals surface area contributed by atoms with E-state index in [0.29, 0.717) is 24.4 Å². The van der Waals surface area contributed by atoms with Gasteiger partial charge >= 0.3 is 0 Å². The third-order valence-electron chi connectivity index (χ3n) is 6.58. The van der Waals surface area contributed by atoms with Crippen molar-refractivity contribution in [2.24, 2.45) is 7.05 Å². The Morgan fingerprint density at radius 3 is 2.58 bits per heavy atom. The van der Waals surface area contributed by atoms with E-state index in [-0.39, 0.29) is 11.8 Å². The summed E-state index contributed by atoms with van der Waals surface area (Å²) in [5, 5.41) is 3.04. The zero-order chi connectivity index (χ0) is 21.8. The first kappa shape index (κ1) is 19.4. The second kappa shape index (κ2) is 6.97. The van der Waals surface area contributed by atoms with Gasteiger partial charge in [0.05, 0.1) is 0 Å². The number of amides is 2. The lowest BCUT2D eigenvalue weighted by Gasteiger charge is -2.33. The second-order valence-corrected chi connectivity index (χ2v) is 8.46. The Morgan fingerprint density at radius 1 is 1.16 bits per heavy atom. The average Bonchev–Trinajstić information content (AvgIpc) is 3.44. The molecule has 2 aliphatic rings. The summed E-state index contributed by atoms with van der Waals surface area (Å²) in [4.78, 5) is 35.4. The summed E-state index contributed by atoms with van der Waals surface area (Å²) in [6, 6.07) is 14.8. The van der Waals surface area contributed by atoms with E-state index in [1.807, 2.05) is 90.2 Å². The minimum absolute atomic E-state index is 0.0695. The van der Waals surface area contributed by atoms with Crippen LogP contribution in [0.4, 0.5) is 11.4 Å². The van der Waals surface area contributed by atoms with E-state index < -0.39 is 11.5 Å². The number of aryl methyl sites for hydroxylation is 1. The first-order valence-corrected chi connectivity index (χ1v) is 10.4. The summed E-state index contributed by atoms with van der Waals surface area (Å²) >= 11 is 0. The molecule has 2 amide bonds. The summed E-state index contributed by atoms with van der Waals surface area (Å²) in [6.45, 7) is 0.480. The lowest BCUT2D eigenvalue weighted by Crippen LogP contribution is -2.43. The number of hydrogen-bond acceptors (Lipinski definition) is 4. The fourth-order valence-corrected chi connectivity index (χ4v) is 4.97. The Bertz CT molecular complexity index is 1170. The van der Waals surface area contributed by atoms with E-state index in [2.05, 4.69) is 10.3 Å². The maximum absolute atomic E-state index is 13.6. The Balaban J connectivity index is 1.61. The van der Waals surface area contributed by atoms with E-state index >= 15 is 0 Å². The van der Waals surface area contributed by atoms with E-state index in [1.165, 1.54) is 0 Å². The number of hydrogen-bond donors (Lipinski definition) is 1. The first-order valence-electron chi connectivity index (χ1n) is 10.4. The molecule has 2 aliphatic heterocycles. The smallest absolute Gasteiger partial charge is 0.254 e. The Kier molecular flexibility index (Phi) is 4.36. The summed E-state index contributed by atoms with van der Waals surface area (Å²) < 4.78 is 1.90. The maximum atomic E-state index is 13.6. The average molecular weight is 415 g/mol. The van der Waals surface area contributed by atoms with Gasteiger partial charge in [-0.3, -0.25) is 9.59 Å². The number of fused-ring (bicyclic) bond motifs is 2. The van der Waals surface area contributed by atoms with Gasteiger partial charge in [-0.15, -0.1) is 0 Å². The number of para-hydroxylation sites is 1. The van der Waals surface area contributed by atoms with Crippen molar-refractivity contribution >= 4 is 23.2 Å². The molecule has 0 radical (unpaired) electrons. The fourth-order valence-electron chi connectivity index (χ4n) is 4.97. The molecule has 31 heavy (non-hydrogen) atoms. The van der Waals surface area contributed by atoms with Gasteiger partial charge in [0.15, 0.2) is 0 Å². The number of nitrogens with zero attached hydrogens (tertiary/aromatic N) is 4. The molecule has 3 heterocycles. The molecule has 1 fully saturated rings. The maximum Gasteiger partial charge on any atom is 0.254 e. The third kappa shape index (κ3) is 2.76. The number of benzene rings is 2. The zero-order valence-electron chi connectivity index (χ0n) is 17.9. The van der Waals surface area contributed by atoms with Crippen molar-refractivity contribution in [3.05, 3.63) is 77.9 Å². The lowest BCUT2D eigenvalue weighted by atomic mass is 9.74. The standard InChI is InChI=1S/C24H25N5O2/c1-27(2)17-10-8-16(9-11-17)22(30)29-14-12-24(20(29)21-25-13-15-28(21)3)18-6-4-5-7-19(18)26-23(24)31/h4-11,13,15,20H,12,14H2,1-3H3,(H,26,31)/t20-,24+/m0/s1. The van der Waals surface area contributed by atoms with Crippen LogP contribution in [-0.4, -0.2) is 46.9 Å². The number of rotatable bonds is 3. The van der Waals surface area contributed by atoms with Gasteiger partial charge in [0.2, 0.25) is 5.91 Å². The van der Waals surface area contributed by atoms with Crippen molar-refractivity contribution < 1.29 is 9.59 Å². The predicted molar refractivity (Wildman–Crippen MR) is 119 cm³/mol. The molecular formula is C24H25N5O2. The number of carbonyl (C=O) groups is 2. The largest absolute Gasteiger partial charge is 0.378 e. The van der Waals surface area contributed by atoms with Crippen molar-refractivity contribution in [2.45, 2.75) is 17.9 Å². The van der Waals surface area contributed by atoms with E-state index in [9.17, 15) is 9.59 Å². The fraction of sp³-hybridized carbons (Fsp3) is 0.292. The highest BCUT2D eigenvalue weighted by atomic mass is 16.2. The van der Waals surface area contributed by atoms with Gasteiger partial charge < -0.3 is 19.7 Å². The molecule has 5 rings (SSSR count). The molecule has 2 aromatic carbocycles. The van der Waals surface area contributed by atoms with Crippen LogP contribution in [0.5, 0.6) is 0 Å². The van der Waals surface area contributed by atoms with Crippen LogP contribution < -0.4 is 10.2 Å². The topological polar surface area (TPSA) is 70.5 Å². The lowest BCUT2D eigenvalue weighted by molar-refractivity contribution is -0.121. The molecule has 0 bridgehead atoms. The zero-order valence-corrected chi connectivity index (χ0v) is 17.9. The predicted octanol–water partition coefficient (Wildman–Crippen LogP) is 2.96. The first-order chi connectivity index (χ1) is 14.9. The molecule has 1 aromatic heterocycles. The van der Waals surface area contributed by atoms with Crippen LogP contribution in [0.3, 0.4) is 0 Å². The van der Waals surface area contributed by atoms with Gasteiger partial charge in [-0.25, -0.2) is 4.98 Å². The van der Waals surface area contributed by atoms with Gasteiger partial charge in [-0.2, -0.15) is 0 Å². The Morgan fingerprint density at radius 2 is 1.90 bits per heavy atom. The number of imidazole rings is 1. The van der Waals surface area contributed by atoms with Crippen LogP contribution in [-0.2, 0) is 17.3 Å². The van der Waals surface area contributed by atoms with Crippen molar-refractivity contribution in [2.75, 3.05) is 30.9 Å². The van der Waals surface area contributed by atoms with Gasteiger partial charge in [-0.05, 0) is 42.3 Å². The highest BCUT2D eigenvalue weighted by molar-refractivity contribution is 6.08. The molecule has 0 unspecified atom stereocenters. The molecule has 0 saturated carbocycles. The summed E-state index contributed by atoms with van der Waals surface area (Å²) in [6.07, 6.45) is 4.12. The summed E-state index contributed by atoms with van der Waals surface area (Å²) in [5.41, 5.74) is 2.53. The normalized spacial score (nSPS) is 22.0. The van der Waals surface area contributed by atoms with Gasteiger partial charge in [0.25, 0.3) is 5.91 Å². The van der Waals surface area contributed by atoms with Crippen LogP contribution in [0.25, 0.3) is 0 Å². The summed E-state index contributed by atoms with van der Waals surface area (Å²) in [5.74, 6) is 0.551.